The lowest BCUT2D eigenvalue weighted by atomic mass is 10.0. The van der Waals surface area contributed by atoms with E-state index in [2.05, 4.69) is 15.4 Å². The topological polar surface area (TPSA) is 89.1 Å². The van der Waals surface area contributed by atoms with Gasteiger partial charge in [-0.15, -0.1) is 0 Å². The van der Waals surface area contributed by atoms with Crippen LogP contribution in [0, 0.1) is 5.82 Å². The fourth-order valence-electron chi connectivity index (χ4n) is 4.24. The average Bonchev–Trinajstić information content (AvgIpc) is 3.38. The lowest BCUT2D eigenvalue weighted by Gasteiger charge is -2.19. The van der Waals surface area contributed by atoms with Crippen molar-refractivity contribution < 1.29 is 22.4 Å². The number of amides is 2. The minimum absolute atomic E-state index is 0.206. The highest BCUT2D eigenvalue weighted by Crippen LogP contribution is 2.42. The van der Waals surface area contributed by atoms with Crippen LogP contribution >= 0.6 is 11.6 Å². The predicted molar refractivity (Wildman–Crippen MR) is 125 cm³/mol. The maximum absolute atomic E-state index is 14.1. The summed E-state index contributed by atoms with van der Waals surface area (Å²) in [5.41, 5.74) is 7.48. The van der Waals surface area contributed by atoms with Crippen LogP contribution < -0.4 is 16.0 Å². The lowest BCUT2D eigenvalue weighted by Crippen LogP contribution is -2.33. The van der Waals surface area contributed by atoms with E-state index >= 15 is 0 Å². The van der Waals surface area contributed by atoms with Gasteiger partial charge in [0, 0.05) is 25.4 Å². The second kappa shape index (κ2) is 8.12. The smallest absolute Gasteiger partial charge is 0.383 e. The summed E-state index contributed by atoms with van der Waals surface area (Å²) in [5, 5.41) is 7.79. The van der Waals surface area contributed by atoms with Crippen LogP contribution in [-0.4, -0.2) is 27.3 Å². The summed E-state index contributed by atoms with van der Waals surface area (Å²) >= 11 is 6.72. The molecule has 3 N–H and O–H groups in total. The highest BCUT2D eigenvalue weighted by Gasteiger charge is 2.33. The van der Waals surface area contributed by atoms with Crippen molar-refractivity contribution in [3.8, 4) is 11.3 Å². The zero-order valence-corrected chi connectivity index (χ0v) is 18.9. The van der Waals surface area contributed by atoms with Crippen molar-refractivity contribution in [1.29, 1.82) is 0 Å². The second-order valence-corrected chi connectivity index (χ2v) is 8.39. The van der Waals surface area contributed by atoms with Gasteiger partial charge in [0.15, 0.2) is 0 Å². The minimum atomic E-state index is -4.67. The third-order valence-electron chi connectivity index (χ3n) is 5.92. The molecule has 0 bridgehead atoms. The van der Waals surface area contributed by atoms with Crippen LogP contribution in [0.4, 0.5) is 39.5 Å². The number of alkyl halides is 3. The Morgan fingerprint density at radius 2 is 1.97 bits per heavy atom. The number of hydrogen-bond donors (Lipinski definition) is 2. The van der Waals surface area contributed by atoms with Crippen molar-refractivity contribution >= 4 is 45.7 Å². The number of halogens is 5. The fraction of sp³-hybridized carbons (Fsp3) is 0.174. The Balaban J connectivity index is 1.48. The Hall–Kier alpha value is -3.86. The van der Waals surface area contributed by atoms with Crippen molar-refractivity contribution in [2.24, 2.45) is 7.05 Å². The van der Waals surface area contributed by atoms with Crippen molar-refractivity contribution in [3.63, 3.8) is 0 Å². The van der Waals surface area contributed by atoms with Gasteiger partial charge < -0.3 is 11.1 Å². The highest BCUT2D eigenvalue weighted by molar-refractivity contribution is 6.35. The van der Waals surface area contributed by atoms with E-state index < -0.39 is 29.3 Å². The van der Waals surface area contributed by atoms with Crippen molar-refractivity contribution in [2.45, 2.75) is 12.6 Å². The van der Waals surface area contributed by atoms with Gasteiger partial charge in [-0.3, -0.25) is 9.58 Å². The normalized spacial score (nSPS) is 13.4. The number of anilines is 3. The maximum Gasteiger partial charge on any atom is 0.416 e. The summed E-state index contributed by atoms with van der Waals surface area (Å²) in [4.78, 5) is 18.3. The third kappa shape index (κ3) is 3.81. The number of nitrogens with two attached hydrogens (primary N) is 1. The van der Waals surface area contributed by atoms with Crippen molar-refractivity contribution in [3.05, 3.63) is 64.6 Å². The summed E-state index contributed by atoms with van der Waals surface area (Å²) < 4.78 is 54.8. The molecule has 0 aliphatic carbocycles. The van der Waals surface area contributed by atoms with Gasteiger partial charge in [-0.25, -0.2) is 14.2 Å². The molecule has 5 rings (SSSR count). The van der Waals surface area contributed by atoms with Gasteiger partial charge in [0.05, 0.1) is 32.9 Å². The minimum Gasteiger partial charge on any atom is -0.383 e. The number of pyridine rings is 1. The Labute approximate surface area is 201 Å². The molecule has 1 aliphatic rings. The number of hydrogen-bond acceptors (Lipinski definition) is 4. The molecule has 0 spiro atoms. The van der Waals surface area contributed by atoms with E-state index in [1.54, 1.807) is 36.1 Å². The van der Waals surface area contributed by atoms with E-state index in [1.807, 2.05) is 0 Å². The quantitative estimate of drug-likeness (QED) is 0.347. The average molecular weight is 505 g/mol. The third-order valence-corrected chi connectivity index (χ3v) is 6.36. The van der Waals surface area contributed by atoms with Gasteiger partial charge in [-0.05, 0) is 48.4 Å². The monoisotopic (exact) mass is 504 g/mol. The molecule has 2 aromatic heterocycles. The number of carbonyl (C=O) groups is 1. The fourth-order valence-corrected chi connectivity index (χ4v) is 4.59. The van der Waals surface area contributed by atoms with E-state index in [9.17, 15) is 22.4 Å². The van der Waals surface area contributed by atoms with E-state index in [0.717, 1.165) is 5.52 Å². The molecule has 180 valence electrons. The van der Waals surface area contributed by atoms with Crippen LogP contribution in [0.5, 0.6) is 0 Å². The Morgan fingerprint density at radius 3 is 2.71 bits per heavy atom. The molecule has 7 nitrogen and oxygen atoms in total. The SMILES string of the molecule is Cn1nc(-c2ccc3c(c2Cl)CCN3C(=O)Nc2cc(C(F)(F)F)ccc2F)c2c(N)nccc21. The van der Waals surface area contributed by atoms with Crippen LogP contribution in [0.15, 0.2) is 42.6 Å². The van der Waals surface area contributed by atoms with Crippen molar-refractivity contribution in [1.82, 2.24) is 14.8 Å². The van der Waals surface area contributed by atoms with E-state index in [0.29, 0.717) is 63.4 Å². The number of aryl methyl sites for hydroxylation is 1. The van der Waals surface area contributed by atoms with Crippen molar-refractivity contribution in [2.75, 3.05) is 22.5 Å². The van der Waals surface area contributed by atoms with Crippen LogP contribution in [0.2, 0.25) is 5.02 Å². The number of nitrogens with zero attached hydrogens (tertiary/aromatic N) is 4. The molecule has 0 saturated heterocycles. The molecule has 4 aromatic rings. The molecular weight excluding hydrogens is 488 g/mol. The summed E-state index contributed by atoms with van der Waals surface area (Å²) in [7, 11) is 1.77. The molecule has 3 heterocycles. The maximum atomic E-state index is 14.1. The number of benzene rings is 2. The van der Waals surface area contributed by atoms with Gasteiger partial charge in [0.2, 0.25) is 0 Å². The molecule has 12 heteroatoms. The van der Waals surface area contributed by atoms with Crippen LogP contribution in [0.1, 0.15) is 11.1 Å². The Kier molecular flexibility index (Phi) is 5.32. The summed E-state index contributed by atoms with van der Waals surface area (Å²) in [6.07, 6.45) is -2.71. The first-order valence-electron chi connectivity index (χ1n) is 10.4. The lowest BCUT2D eigenvalue weighted by molar-refractivity contribution is -0.137. The number of urea groups is 1. The van der Waals surface area contributed by atoms with Crippen LogP contribution in [0.25, 0.3) is 22.2 Å². The Bertz CT molecular complexity index is 1500. The van der Waals surface area contributed by atoms with Crippen LogP contribution in [0.3, 0.4) is 0 Å². The molecule has 0 unspecified atom stereocenters. The first kappa shape index (κ1) is 22.9. The summed E-state index contributed by atoms with van der Waals surface area (Å²) in [5.74, 6) is -0.682. The second-order valence-electron chi connectivity index (χ2n) is 8.01. The van der Waals surface area contributed by atoms with Crippen LogP contribution in [-0.2, 0) is 19.6 Å². The van der Waals surface area contributed by atoms with Gasteiger partial charge in [-0.2, -0.15) is 18.3 Å². The molecule has 1 aliphatic heterocycles. The molecular formula is C23H17ClF4N6O. The zero-order valence-electron chi connectivity index (χ0n) is 18.1. The first-order valence-corrected chi connectivity index (χ1v) is 10.8. The highest BCUT2D eigenvalue weighted by atomic mass is 35.5. The first-order chi connectivity index (χ1) is 16.6. The summed E-state index contributed by atoms with van der Waals surface area (Å²) in [6.45, 7) is 0.206. The molecule has 35 heavy (non-hydrogen) atoms. The molecule has 2 amide bonds. The molecule has 0 fully saturated rings. The largest absolute Gasteiger partial charge is 0.416 e. The molecule has 0 saturated carbocycles. The number of carbonyl (C=O) groups excluding carboxylic acids is 1. The Morgan fingerprint density at radius 1 is 1.20 bits per heavy atom. The predicted octanol–water partition coefficient (Wildman–Crippen LogP) is 5.62. The molecule has 0 radical (unpaired) electrons. The number of rotatable bonds is 2. The van der Waals surface area contributed by atoms with E-state index in [-0.39, 0.29) is 6.54 Å². The number of aromatic nitrogens is 3. The summed E-state index contributed by atoms with van der Waals surface area (Å²) in [6, 6.07) is 6.19. The van der Waals surface area contributed by atoms with Gasteiger partial charge in [0.25, 0.3) is 0 Å². The molecule has 2 aromatic carbocycles. The van der Waals surface area contributed by atoms with Gasteiger partial charge in [0.1, 0.15) is 17.3 Å². The number of nitrogen functional groups attached to an aromatic ring is 1. The van der Waals surface area contributed by atoms with E-state index in [1.165, 1.54) is 4.90 Å². The molecule has 0 atom stereocenters. The van der Waals surface area contributed by atoms with E-state index in [4.69, 9.17) is 17.3 Å². The van der Waals surface area contributed by atoms with Gasteiger partial charge in [-0.1, -0.05) is 11.6 Å². The van der Waals surface area contributed by atoms with Gasteiger partial charge >= 0.3 is 12.2 Å². The number of nitrogens with one attached hydrogen (secondary N) is 1. The standard InChI is InChI=1S/C23H17ClF4N6O/c1-33-17-6-8-30-21(29)18(17)20(32-33)13-3-5-16-12(19(13)24)7-9-34(16)22(35)31-15-10-11(23(26,27)28)2-4-14(15)25/h2-6,8,10H,7,9H2,1H3,(H2,29,30)(H,31,35). The number of fused-ring (bicyclic) bond motifs is 2. The zero-order chi connectivity index (χ0) is 25.1.